The number of hydrogen-bond acceptors (Lipinski definition) is 1. The van der Waals surface area contributed by atoms with Crippen LogP contribution in [0.25, 0.3) is 5.57 Å². The molecule has 1 rings (SSSR count). The first-order valence-electron chi connectivity index (χ1n) is 3.59. The molecule has 0 saturated carbocycles. The zero-order chi connectivity index (χ0) is 8.27. The van der Waals surface area contributed by atoms with Gasteiger partial charge in [-0.15, -0.1) is 0 Å². The molecule has 0 unspecified atom stereocenters. The average Bonchev–Trinajstić information content (AvgIpc) is 2.05. The highest BCUT2D eigenvalue weighted by Gasteiger charge is 1.93. The average molecular weight is 148 g/mol. The van der Waals surface area contributed by atoms with Crippen LogP contribution in [0.3, 0.4) is 0 Å². The Morgan fingerprint density at radius 3 is 2.82 bits per heavy atom. The molecular weight excluding hydrogens is 136 g/mol. The van der Waals surface area contributed by atoms with Gasteiger partial charge in [-0.05, 0) is 24.1 Å². The smallest absolute Gasteiger partial charge is 0.0682 e. The molecule has 0 spiro atoms. The monoisotopic (exact) mass is 148 g/mol. The second-order valence-corrected chi connectivity index (χ2v) is 2.64. The molecule has 1 heteroatoms. The third-order valence-electron chi connectivity index (χ3n) is 1.60. The van der Waals surface area contributed by atoms with E-state index in [4.69, 9.17) is 5.11 Å². The summed E-state index contributed by atoms with van der Waals surface area (Å²) >= 11 is 0. The number of allylic oxidation sites excluding steroid dienone is 1. The Morgan fingerprint density at radius 1 is 1.55 bits per heavy atom. The van der Waals surface area contributed by atoms with E-state index in [1.165, 1.54) is 0 Å². The van der Waals surface area contributed by atoms with Crippen LogP contribution < -0.4 is 0 Å². The van der Waals surface area contributed by atoms with E-state index in [0.717, 1.165) is 16.7 Å². The third kappa shape index (κ3) is 1.92. The van der Waals surface area contributed by atoms with E-state index in [-0.39, 0.29) is 6.61 Å². The van der Waals surface area contributed by atoms with Crippen LogP contribution in [0.15, 0.2) is 30.8 Å². The van der Waals surface area contributed by atoms with Crippen molar-refractivity contribution in [3.8, 4) is 0 Å². The molecular formula is C10H12O. The Balaban J connectivity index is 3.01. The minimum absolute atomic E-state index is 0.0983. The maximum Gasteiger partial charge on any atom is 0.0682 e. The second kappa shape index (κ2) is 3.35. The maximum absolute atomic E-state index is 8.81. The summed E-state index contributed by atoms with van der Waals surface area (Å²) in [6, 6.07) is 7.76. The zero-order valence-corrected chi connectivity index (χ0v) is 6.67. The molecule has 0 aromatic heterocycles. The lowest BCUT2D eigenvalue weighted by Gasteiger charge is -2.00. The van der Waals surface area contributed by atoms with Crippen molar-refractivity contribution in [1.82, 2.24) is 0 Å². The van der Waals surface area contributed by atoms with Crippen LogP contribution in [0.2, 0.25) is 0 Å². The summed E-state index contributed by atoms with van der Waals surface area (Å²) in [5.41, 5.74) is 3.06. The van der Waals surface area contributed by atoms with Crippen LogP contribution >= 0.6 is 0 Å². The van der Waals surface area contributed by atoms with Gasteiger partial charge in [0, 0.05) is 0 Å². The minimum atomic E-state index is 0.0983. The summed E-state index contributed by atoms with van der Waals surface area (Å²) in [7, 11) is 0. The SMILES string of the molecule is C=C(C)c1cccc(CO)c1. The van der Waals surface area contributed by atoms with Gasteiger partial charge in [-0.1, -0.05) is 30.4 Å². The van der Waals surface area contributed by atoms with Crippen molar-refractivity contribution in [3.63, 3.8) is 0 Å². The van der Waals surface area contributed by atoms with Gasteiger partial charge in [0.1, 0.15) is 0 Å². The van der Waals surface area contributed by atoms with Crippen molar-refractivity contribution >= 4 is 5.57 Å². The molecule has 0 radical (unpaired) electrons. The predicted molar refractivity (Wildman–Crippen MR) is 47.1 cm³/mol. The normalized spacial score (nSPS) is 9.64. The molecule has 0 bridgehead atoms. The summed E-state index contributed by atoms with van der Waals surface area (Å²) in [5.74, 6) is 0. The number of aliphatic hydroxyl groups is 1. The molecule has 58 valence electrons. The minimum Gasteiger partial charge on any atom is -0.392 e. The van der Waals surface area contributed by atoms with Crippen LogP contribution in [0.5, 0.6) is 0 Å². The fourth-order valence-corrected chi connectivity index (χ4v) is 0.935. The topological polar surface area (TPSA) is 20.2 Å². The highest BCUT2D eigenvalue weighted by molar-refractivity contribution is 5.61. The van der Waals surface area contributed by atoms with Gasteiger partial charge in [0.15, 0.2) is 0 Å². The molecule has 1 aromatic carbocycles. The zero-order valence-electron chi connectivity index (χ0n) is 6.67. The molecule has 0 aliphatic heterocycles. The first kappa shape index (κ1) is 8.02. The fraction of sp³-hybridized carbons (Fsp3) is 0.200. The highest BCUT2D eigenvalue weighted by Crippen LogP contribution is 2.12. The van der Waals surface area contributed by atoms with Crippen molar-refractivity contribution in [2.75, 3.05) is 0 Å². The van der Waals surface area contributed by atoms with Gasteiger partial charge in [-0.25, -0.2) is 0 Å². The van der Waals surface area contributed by atoms with Crippen LogP contribution in [0.4, 0.5) is 0 Å². The highest BCUT2D eigenvalue weighted by atomic mass is 16.3. The van der Waals surface area contributed by atoms with Gasteiger partial charge in [-0.3, -0.25) is 0 Å². The van der Waals surface area contributed by atoms with E-state index < -0.39 is 0 Å². The van der Waals surface area contributed by atoms with E-state index in [1.54, 1.807) is 0 Å². The molecule has 0 fully saturated rings. The van der Waals surface area contributed by atoms with Gasteiger partial charge < -0.3 is 5.11 Å². The Morgan fingerprint density at radius 2 is 2.27 bits per heavy atom. The second-order valence-electron chi connectivity index (χ2n) is 2.64. The standard InChI is InChI=1S/C10H12O/c1-8(2)10-5-3-4-9(6-10)7-11/h3-6,11H,1,7H2,2H3. The lowest BCUT2D eigenvalue weighted by molar-refractivity contribution is 0.282. The summed E-state index contributed by atoms with van der Waals surface area (Å²) < 4.78 is 0. The predicted octanol–water partition coefficient (Wildman–Crippen LogP) is 2.21. The number of rotatable bonds is 2. The maximum atomic E-state index is 8.81. The van der Waals surface area contributed by atoms with Crippen LogP contribution in [0.1, 0.15) is 18.1 Å². The lowest BCUT2D eigenvalue weighted by atomic mass is 10.1. The van der Waals surface area contributed by atoms with Crippen molar-refractivity contribution in [2.45, 2.75) is 13.5 Å². The van der Waals surface area contributed by atoms with E-state index in [9.17, 15) is 0 Å². The number of hydrogen-bond donors (Lipinski definition) is 1. The fourth-order valence-electron chi connectivity index (χ4n) is 0.935. The van der Waals surface area contributed by atoms with E-state index >= 15 is 0 Å². The van der Waals surface area contributed by atoms with E-state index in [1.807, 2.05) is 31.2 Å². The number of aliphatic hydroxyl groups excluding tert-OH is 1. The van der Waals surface area contributed by atoms with Crippen molar-refractivity contribution in [3.05, 3.63) is 42.0 Å². The molecule has 0 heterocycles. The summed E-state index contributed by atoms with van der Waals surface area (Å²) in [6.45, 7) is 5.87. The summed E-state index contributed by atoms with van der Waals surface area (Å²) in [5, 5.41) is 8.81. The summed E-state index contributed by atoms with van der Waals surface area (Å²) in [6.07, 6.45) is 0. The van der Waals surface area contributed by atoms with Crippen LogP contribution in [-0.4, -0.2) is 5.11 Å². The molecule has 0 atom stereocenters. The van der Waals surface area contributed by atoms with Crippen LogP contribution in [0, 0.1) is 0 Å². The van der Waals surface area contributed by atoms with E-state index in [2.05, 4.69) is 6.58 Å². The van der Waals surface area contributed by atoms with Gasteiger partial charge in [-0.2, -0.15) is 0 Å². The third-order valence-corrected chi connectivity index (χ3v) is 1.60. The molecule has 11 heavy (non-hydrogen) atoms. The largest absolute Gasteiger partial charge is 0.392 e. The van der Waals surface area contributed by atoms with Crippen LogP contribution in [-0.2, 0) is 6.61 Å². The Kier molecular flexibility index (Phi) is 2.44. The Bertz CT molecular complexity index is 263. The van der Waals surface area contributed by atoms with Gasteiger partial charge in [0.25, 0.3) is 0 Å². The Hall–Kier alpha value is -1.08. The first-order valence-corrected chi connectivity index (χ1v) is 3.59. The van der Waals surface area contributed by atoms with E-state index in [0.29, 0.717) is 0 Å². The molecule has 0 saturated heterocycles. The molecule has 1 N–H and O–H groups in total. The van der Waals surface area contributed by atoms with Crippen molar-refractivity contribution in [1.29, 1.82) is 0 Å². The molecule has 0 aliphatic rings. The quantitative estimate of drug-likeness (QED) is 0.681. The molecule has 1 aromatic rings. The Labute approximate surface area is 67.0 Å². The van der Waals surface area contributed by atoms with Gasteiger partial charge in [0.05, 0.1) is 6.61 Å². The first-order chi connectivity index (χ1) is 5.24. The molecule has 0 amide bonds. The molecule has 0 aliphatic carbocycles. The molecule has 1 nitrogen and oxygen atoms in total. The van der Waals surface area contributed by atoms with Gasteiger partial charge in [0.2, 0.25) is 0 Å². The van der Waals surface area contributed by atoms with Crippen molar-refractivity contribution in [2.24, 2.45) is 0 Å². The van der Waals surface area contributed by atoms with Crippen molar-refractivity contribution < 1.29 is 5.11 Å². The van der Waals surface area contributed by atoms with Gasteiger partial charge >= 0.3 is 0 Å². The lowest BCUT2D eigenvalue weighted by Crippen LogP contribution is -1.84. The summed E-state index contributed by atoms with van der Waals surface area (Å²) in [4.78, 5) is 0. The number of benzene rings is 1.